The lowest BCUT2D eigenvalue weighted by molar-refractivity contribution is 0.0927. The summed E-state index contributed by atoms with van der Waals surface area (Å²) in [5.41, 5.74) is 3.32. The van der Waals surface area contributed by atoms with E-state index in [4.69, 9.17) is 4.42 Å². The Kier molecular flexibility index (Phi) is 3.77. The van der Waals surface area contributed by atoms with Crippen LogP contribution >= 0.6 is 0 Å². The molecule has 3 rings (SSSR count). The van der Waals surface area contributed by atoms with Crippen molar-refractivity contribution in [1.82, 2.24) is 20.5 Å². The number of nitrogens with zero attached hydrogens (tertiary/aromatic N) is 1. The normalized spacial score (nSPS) is 11.1. The highest BCUT2D eigenvalue weighted by Gasteiger charge is 2.19. The van der Waals surface area contributed by atoms with Gasteiger partial charge in [0.05, 0.1) is 0 Å². The molecule has 0 radical (unpaired) electrons. The van der Waals surface area contributed by atoms with Gasteiger partial charge >= 0.3 is 5.69 Å². The van der Waals surface area contributed by atoms with E-state index in [0.717, 1.165) is 27.7 Å². The Labute approximate surface area is 132 Å². The van der Waals surface area contributed by atoms with Gasteiger partial charge in [0.15, 0.2) is 5.76 Å². The zero-order valence-electron chi connectivity index (χ0n) is 13.2. The summed E-state index contributed by atoms with van der Waals surface area (Å²) in [5, 5.41) is 9.86. The van der Waals surface area contributed by atoms with Crippen LogP contribution in [0.15, 0.2) is 21.3 Å². The maximum absolute atomic E-state index is 12.3. The van der Waals surface area contributed by atoms with E-state index in [0.29, 0.717) is 24.6 Å². The summed E-state index contributed by atoms with van der Waals surface area (Å²) in [6.07, 6.45) is 0.432. The van der Waals surface area contributed by atoms with Crippen LogP contribution in [0, 0.1) is 20.8 Å². The monoisotopic (exact) mass is 314 g/mol. The van der Waals surface area contributed by atoms with Crippen LogP contribution in [0.3, 0.4) is 0 Å². The molecule has 0 aliphatic carbocycles. The van der Waals surface area contributed by atoms with Crippen molar-refractivity contribution in [3.05, 3.63) is 50.9 Å². The second-order valence-corrected chi connectivity index (χ2v) is 5.59. The van der Waals surface area contributed by atoms with Crippen LogP contribution in [0.1, 0.15) is 33.1 Å². The van der Waals surface area contributed by atoms with Gasteiger partial charge in [-0.05, 0) is 31.9 Å². The summed E-state index contributed by atoms with van der Waals surface area (Å²) in [5.74, 6) is 0.562. The third-order valence-corrected chi connectivity index (χ3v) is 3.89. The first-order valence-electron chi connectivity index (χ1n) is 7.38. The number of fused-ring (bicyclic) bond motifs is 1. The van der Waals surface area contributed by atoms with E-state index in [1.165, 1.54) is 0 Å². The van der Waals surface area contributed by atoms with E-state index in [1.54, 1.807) is 0 Å². The van der Waals surface area contributed by atoms with Crippen molar-refractivity contribution in [2.24, 2.45) is 0 Å². The van der Waals surface area contributed by atoms with Gasteiger partial charge in [-0.15, -0.1) is 0 Å². The van der Waals surface area contributed by atoms with E-state index >= 15 is 0 Å². The molecule has 23 heavy (non-hydrogen) atoms. The van der Waals surface area contributed by atoms with Crippen LogP contribution in [-0.4, -0.2) is 27.6 Å². The number of amides is 1. The number of aromatic amines is 2. The van der Waals surface area contributed by atoms with E-state index in [9.17, 15) is 9.59 Å². The third kappa shape index (κ3) is 2.77. The van der Waals surface area contributed by atoms with Crippen molar-refractivity contribution in [3.8, 4) is 0 Å². The van der Waals surface area contributed by atoms with Crippen LogP contribution in [0.5, 0.6) is 0 Å². The van der Waals surface area contributed by atoms with Crippen molar-refractivity contribution < 1.29 is 9.21 Å². The Bertz CT molecular complexity index is 933. The van der Waals surface area contributed by atoms with Crippen LogP contribution in [0.4, 0.5) is 0 Å². The molecule has 0 saturated heterocycles. The molecule has 1 amide bonds. The van der Waals surface area contributed by atoms with E-state index in [-0.39, 0.29) is 11.6 Å². The Morgan fingerprint density at radius 2 is 2.00 bits per heavy atom. The third-order valence-electron chi connectivity index (χ3n) is 3.89. The van der Waals surface area contributed by atoms with E-state index in [2.05, 4.69) is 20.5 Å². The molecule has 0 fully saturated rings. The van der Waals surface area contributed by atoms with Crippen molar-refractivity contribution in [2.75, 3.05) is 6.54 Å². The Morgan fingerprint density at radius 1 is 1.26 bits per heavy atom. The maximum atomic E-state index is 12.3. The number of aromatic nitrogens is 3. The van der Waals surface area contributed by atoms with Gasteiger partial charge < -0.3 is 9.73 Å². The second-order valence-electron chi connectivity index (χ2n) is 5.59. The standard InChI is InChI=1S/C16H18N4O3/c1-8-4-5-9(2)13-12(8)10(3)14(23-13)15(21)17-7-6-11-18-16(22)20-19-11/h4-5H,6-7H2,1-3H3,(H,17,21)(H2,18,19,20,22). The first-order valence-corrected chi connectivity index (χ1v) is 7.38. The number of carbonyl (C=O) groups excluding carboxylic acids is 1. The quantitative estimate of drug-likeness (QED) is 0.682. The predicted molar refractivity (Wildman–Crippen MR) is 85.7 cm³/mol. The number of hydrogen-bond donors (Lipinski definition) is 3. The molecule has 0 bridgehead atoms. The lowest BCUT2D eigenvalue weighted by Crippen LogP contribution is -2.26. The summed E-state index contributed by atoms with van der Waals surface area (Å²) in [7, 11) is 0. The number of hydrogen-bond acceptors (Lipinski definition) is 4. The molecular weight excluding hydrogens is 296 g/mol. The molecule has 7 heteroatoms. The maximum Gasteiger partial charge on any atom is 0.340 e. The first-order chi connectivity index (χ1) is 11.0. The minimum absolute atomic E-state index is 0.268. The fourth-order valence-corrected chi connectivity index (χ4v) is 2.69. The van der Waals surface area contributed by atoms with Crippen LogP contribution in [-0.2, 0) is 6.42 Å². The van der Waals surface area contributed by atoms with Crippen LogP contribution in [0.2, 0.25) is 0 Å². The summed E-state index contributed by atoms with van der Waals surface area (Å²) in [4.78, 5) is 25.8. The minimum Gasteiger partial charge on any atom is -0.450 e. The van der Waals surface area contributed by atoms with E-state index < -0.39 is 0 Å². The lowest BCUT2D eigenvalue weighted by atomic mass is 10.0. The summed E-state index contributed by atoms with van der Waals surface area (Å²) in [6, 6.07) is 4.01. The number of rotatable bonds is 4. The van der Waals surface area contributed by atoms with Gasteiger partial charge in [-0.25, -0.2) is 9.89 Å². The van der Waals surface area contributed by atoms with Crippen molar-refractivity contribution in [2.45, 2.75) is 27.2 Å². The molecule has 0 spiro atoms. The second kappa shape index (κ2) is 5.75. The van der Waals surface area contributed by atoms with Gasteiger partial charge in [0.25, 0.3) is 5.91 Å². The molecule has 3 N–H and O–H groups in total. The molecule has 3 aromatic rings. The predicted octanol–water partition coefficient (Wildman–Crippen LogP) is 1.74. The molecule has 0 aliphatic rings. The number of furan rings is 1. The Hall–Kier alpha value is -2.83. The molecule has 0 saturated carbocycles. The first kappa shape index (κ1) is 15.1. The highest BCUT2D eigenvalue weighted by Crippen LogP contribution is 2.30. The number of benzene rings is 1. The molecular formula is C16H18N4O3. The van der Waals surface area contributed by atoms with Gasteiger partial charge in [0, 0.05) is 23.9 Å². The molecule has 2 heterocycles. The highest BCUT2D eigenvalue weighted by atomic mass is 16.3. The van der Waals surface area contributed by atoms with Gasteiger partial charge in [0.1, 0.15) is 11.4 Å². The van der Waals surface area contributed by atoms with Gasteiger partial charge in [-0.2, -0.15) is 5.10 Å². The zero-order chi connectivity index (χ0) is 16.6. The summed E-state index contributed by atoms with van der Waals surface area (Å²) >= 11 is 0. The van der Waals surface area contributed by atoms with Crippen LogP contribution < -0.4 is 11.0 Å². The number of carbonyl (C=O) groups is 1. The average Bonchev–Trinajstić information content (AvgIpc) is 3.07. The molecule has 0 atom stereocenters. The smallest absolute Gasteiger partial charge is 0.340 e. The SMILES string of the molecule is Cc1ccc(C)c2c(C)c(C(=O)NCCc3n[nH]c(=O)[nH]3)oc12. The minimum atomic E-state index is -0.356. The molecule has 1 aromatic carbocycles. The molecule has 0 aliphatic heterocycles. The molecule has 0 unspecified atom stereocenters. The molecule has 2 aromatic heterocycles. The van der Waals surface area contributed by atoms with Crippen LogP contribution in [0.25, 0.3) is 11.0 Å². The zero-order valence-corrected chi connectivity index (χ0v) is 13.2. The largest absolute Gasteiger partial charge is 0.450 e. The fraction of sp³-hybridized carbons (Fsp3) is 0.312. The van der Waals surface area contributed by atoms with Gasteiger partial charge in [-0.1, -0.05) is 12.1 Å². The number of nitrogens with one attached hydrogen (secondary N) is 3. The van der Waals surface area contributed by atoms with E-state index in [1.807, 2.05) is 32.9 Å². The summed E-state index contributed by atoms with van der Waals surface area (Å²) < 4.78 is 5.79. The Morgan fingerprint density at radius 3 is 2.65 bits per heavy atom. The van der Waals surface area contributed by atoms with Crippen molar-refractivity contribution >= 4 is 16.9 Å². The average molecular weight is 314 g/mol. The molecule has 7 nitrogen and oxygen atoms in total. The van der Waals surface area contributed by atoms with Crippen molar-refractivity contribution in [3.63, 3.8) is 0 Å². The van der Waals surface area contributed by atoms with Gasteiger partial charge in [-0.3, -0.25) is 9.78 Å². The fourth-order valence-electron chi connectivity index (χ4n) is 2.69. The van der Waals surface area contributed by atoms with Crippen molar-refractivity contribution in [1.29, 1.82) is 0 Å². The number of H-pyrrole nitrogens is 2. The topological polar surface area (TPSA) is 104 Å². The summed E-state index contributed by atoms with van der Waals surface area (Å²) in [6.45, 7) is 6.20. The van der Waals surface area contributed by atoms with Gasteiger partial charge in [0.2, 0.25) is 0 Å². The molecule has 120 valence electrons. The Balaban J connectivity index is 1.78. The number of aryl methyl sites for hydroxylation is 3. The lowest BCUT2D eigenvalue weighted by Gasteiger charge is -2.02. The highest BCUT2D eigenvalue weighted by molar-refractivity contribution is 6.00.